The summed E-state index contributed by atoms with van der Waals surface area (Å²) in [6.45, 7) is 3.24. The number of nitrogens with zero attached hydrogens (tertiary/aromatic N) is 3. The van der Waals surface area contributed by atoms with Crippen molar-refractivity contribution in [1.29, 1.82) is 0 Å². The van der Waals surface area contributed by atoms with Crippen LogP contribution in [-0.2, 0) is 10.9 Å². The molecule has 0 radical (unpaired) electrons. The highest BCUT2D eigenvalue weighted by atomic mass is 19.4. The predicted octanol–water partition coefficient (Wildman–Crippen LogP) is 1.30. The van der Waals surface area contributed by atoms with E-state index in [2.05, 4.69) is 9.97 Å². The fourth-order valence-electron chi connectivity index (χ4n) is 1.79. The van der Waals surface area contributed by atoms with E-state index < -0.39 is 12.0 Å². The van der Waals surface area contributed by atoms with Gasteiger partial charge in [0.2, 0.25) is 5.82 Å². The highest BCUT2D eigenvalue weighted by Gasteiger charge is 2.36. The number of nitrogens with two attached hydrogens (primary N) is 1. The minimum absolute atomic E-state index is 0.0471. The van der Waals surface area contributed by atoms with Crippen molar-refractivity contribution in [3.8, 4) is 0 Å². The largest absolute Gasteiger partial charge is 0.451 e. The van der Waals surface area contributed by atoms with Gasteiger partial charge in [0.05, 0.1) is 19.3 Å². The summed E-state index contributed by atoms with van der Waals surface area (Å²) in [7, 11) is 0. The summed E-state index contributed by atoms with van der Waals surface area (Å²) in [5.74, 6) is -1.21. The second-order valence-corrected chi connectivity index (χ2v) is 4.09. The van der Waals surface area contributed by atoms with Gasteiger partial charge in [-0.25, -0.2) is 9.97 Å². The predicted molar refractivity (Wildman–Crippen MR) is 59.1 cm³/mol. The minimum Gasteiger partial charge on any atom is -0.384 e. The molecule has 0 aromatic carbocycles. The molecule has 1 atom stereocenters. The lowest BCUT2D eigenvalue weighted by molar-refractivity contribution is -0.144. The number of anilines is 2. The molecule has 0 saturated carbocycles. The molecule has 1 aromatic heterocycles. The molecule has 0 spiro atoms. The smallest absolute Gasteiger partial charge is 0.384 e. The van der Waals surface area contributed by atoms with Crippen LogP contribution < -0.4 is 10.6 Å². The Hall–Kier alpha value is -1.57. The molecule has 1 unspecified atom stereocenters. The van der Waals surface area contributed by atoms with Crippen molar-refractivity contribution in [2.45, 2.75) is 19.1 Å². The van der Waals surface area contributed by atoms with E-state index in [1.165, 1.54) is 6.07 Å². The average Bonchev–Trinajstić information content (AvgIpc) is 2.27. The van der Waals surface area contributed by atoms with Gasteiger partial charge in [-0.15, -0.1) is 0 Å². The number of aromatic nitrogens is 2. The van der Waals surface area contributed by atoms with E-state index in [0.717, 1.165) is 0 Å². The van der Waals surface area contributed by atoms with E-state index in [0.29, 0.717) is 19.8 Å². The number of hydrogen-bond donors (Lipinski definition) is 1. The van der Waals surface area contributed by atoms with Gasteiger partial charge in [0.25, 0.3) is 0 Å². The van der Waals surface area contributed by atoms with Crippen molar-refractivity contribution in [3.63, 3.8) is 0 Å². The Kier molecular flexibility index (Phi) is 3.29. The molecule has 0 amide bonds. The van der Waals surface area contributed by atoms with E-state index >= 15 is 0 Å². The zero-order valence-corrected chi connectivity index (χ0v) is 9.74. The van der Waals surface area contributed by atoms with Crippen LogP contribution in [0.15, 0.2) is 6.07 Å². The fourth-order valence-corrected chi connectivity index (χ4v) is 1.79. The van der Waals surface area contributed by atoms with Gasteiger partial charge in [-0.2, -0.15) is 13.2 Å². The van der Waals surface area contributed by atoms with Crippen LogP contribution in [0.2, 0.25) is 0 Å². The van der Waals surface area contributed by atoms with Crippen molar-refractivity contribution >= 4 is 11.6 Å². The van der Waals surface area contributed by atoms with Gasteiger partial charge in [-0.1, -0.05) is 0 Å². The lowest BCUT2D eigenvalue weighted by atomic mass is 10.2. The van der Waals surface area contributed by atoms with Gasteiger partial charge in [0.15, 0.2) is 0 Å². The first-order valence-corrected chi connectivity index (χ1v) is 5.44. The molecule has 2 rings (SSSR count). The summed E-state index contributed by atoms with van der Waals surface area (Å²) in [4.78, 5) is 8.47. The lowest BCUT2D eigenvalue weighted by Gasteiger charge is -2.34. The molecule has 2 heterocycles. The molecule has 0 aliphatic carbocycles. The van der Waals surface area contributed by atoms with Crippen molar-refractivity contribution in [2.24, 2.45) is 0 Å². The maximum absolute atomic E-state index is 12.6. The maximum Gasteiger partial charge on any atom is 0.451 e. The molecule has 8 heteroatoms. The summed E-state index contributed by atoms with van der Waals surface area (Å²) in [5.41, 5.74) is 5.40. The highest BCUT2D eigenvalue weighted by Crippen LogP contribution is 2.29. The Morgan fingerprint density at radius 2 is 2.17 bits per heavy atom. The van der Waals surface area contributed by atoms with Crippen LogP contribution in [0.1, 0.15) is 12.7 Å². The molecule has 0 bridgehead atoms. The Labute approximate surface area is 102 Å². The van der Waals surface area contributed by atoms with Crippen molar-refractivity contribution in [2.75, 3.05) is 30.4 Å². The molecule has 1 aromatic rings. The monoisotopic (exact) mass is 262 g/mol. The SMILES string of the molecule is CC1COCCN1c1cc(N)nc(C(F)(F)F)n1. The summed E-state index contributed by atoms with van der Waals surface area (Å²) in [5, 5.41) is 0. The second kappa shape index (κ2) is 4.60. The normalized spacial score (nSPS) is 21.1. The molecule has 5 nitrogen and oxygen atoms in total. The molecule has 2 N–H and O–H groups in total. The third-order valence-electron chi connectivity index (χ3n) is 2.65. The zero-order valence-electron chi connectivity index (χ0n) is 9.74. The maximum atomic E-state index is 12.6. The number of halogens is 3. The minimum atomic E-state index is -4.60. The molecule has 1 fully saturated rings. The van der Waals surface area contributed by atoms with Crippen LogP contribution in [0.3, 0.4) is 0 Å². The molecule has 1 saturated heterocycles. The highest BCUT2D eigenvalue weighted by molar-refractivity contribution is 5.48. The van der Waals surface area contributed by atoms with Gasteiger partial charge in [0, 0.05) is 12.6 Å². The van der Waals surface area contributed by atoms with Crippen LogP contribution in [0, 0.1) is 0 Å². The lowest BCUT2D eigenvalue weighted by Crippen LogP contribution is -2.44. The van der Waals surface area contributed by atoms with E-state index in [-0.39, 0.29) is 17.7 Å². The first-order chi connectivity index (χ1) is 8.38. The third kappa shape index (κ3) is 2.63. The molecule has 1 aliphatic heterocycles. The number of hydrogen-bond acceptors (Lipinski definition) is 5. The fraction of sp³-hybridized carbons (Fsp3) is 0.600. The van der Waals surface area contributed by atoms with E-state index in [4.69, 9.17) is 10.5 Å². The van der Waals surface area contributed by atoms with E-state index in [9.17, 15) is 13.2 Å². The van der Waals surface area contributed by atoms with Gasteiger partial charge in [-0.3, -0.25) is 0 Å². The third-order valence-corrected chi connectivity index (χ3v) is 2.65. The van der Waals surface area contributed by atoms with Gasteiger partial charge in [-0.05, 0) is 6.92 Å². The van der Waals surface area contributed by atoms with Crippen molar-refractivity contribution in [1.82, 2.24) is 9.97 Å². The second-order valence-electron chi connectivity index (χ2n) is 4.09. The first-order valence-electron chi connectivity index (χ1n) is 5.44. The zero-order chi connectivity index (χ0) is 13.3. The average molecular weight is 262 g/mol. The van der Waals surface area contributed by atoms with Crippen LogP contribution in [0.4, 0.5) is 24.8 Å². The van der Waals surface area contributed by atoms with Crippen molar-refractivity contribution < 1.29 is 17.9 Å². The summed E-state index contributed by atoms with van der Waals surface area (Å²) in [6.07, 6.45) is -4.60. The van der Waals surface area contributed by atoms with Crippen LogP contribution in [-0.4, -0.2) is 35.8 Å². The van der Waals surface area contributed by atoms with Crippen LogP contribution >= 0.6 is 0 Å². The number of alkyl halides is 3. The summed E-state index contributed by atoms with van der Waals surface area (Å²) < 4.78 is 43.0. The Bertz CT molecular complexity index is 438. The molecule has 1 aliphatic rings. The van der Waals surface area contributed by atoms with E-state index in [1.54, 1.807) is 4.90 Å². The molecule has 100 valence electrons. The number of rotatable bonds is 1. The molecular formula is C10H13F3N4O. The van der Waals surface area contributed by atoms with Gasteiger partial charge >= 0.3 is 6.18 Å². The topological polar surface area (TPSA) is 64.3 Å². The Balaban J connectivity index is 2.35. The standard InChI is InChI=1S/C10H13F3N4O/c1-6-5-18-3-2-17(6)8-4-7(14)15-9(16-8)10(11,12)13/h4,6H,2-3,5H2,1H3,(H2,14,15,16). The van der Waals surface area contributed by atoms with Gasteiger partial charge in [0.1, 0.15) is 11.6 Å². The van der Waals surface area contributed by atoms with E-state index in [1.807, 2.05) is 6.92 Å². The molecule has 18 heavy (non-hydrogen) atoms. The number of nitrogen functional groups attached to an aromatic ring is 1. The van der Waals surface area contributed by atoms with Crippen molar-refractivity contribution in [3.05, 3.63) is 11.9 Å². The summed E-state index contributed by atoms with van der Waals surface area (Å²) in [6, 6.07) is 1.30. The molecular weight excluding hydrogens is 249 g/mol. The number of ether oxygens (including phenoxy) is 1. The quantitative estimate of drug-likeness (QED) is 0.826. The summed E-state index contributed by atoms with van der Waals surface area (Å²) >= 11 is 0. The Morgan fingerprint density at radius 1 is 1.44 bits per heavy atom. The van der Waals surface area contributed by atoms with Crippen LogP contribution in [0.5, 0.6) is 0 Å². The number of morpholine rings is 1. The van der Waals surface area contributed by atoms with Crippen LogP contribution in [0.25, 0.3) is 0 Å². The van der Waals surface area contributed by atoms with Gasteiger partial charge < -0.3 is 15.4 Å². The Morgan fingerprint density at radius 3 is 2.78 bits per heavy atom. The first kappa shape index (κ1) is 12.9.